The zero-order valence-corrected chi connectivity index (χ0v) is 10.2. The molecule has 1 atom stereocenters. The minimum atomic E-state index is -0.968. The van der Waals surface area contributed by atoms with Crippen molar-refractivity contribution >= 4 is 5.97 Å². The highest BCUT2D eigenvalue weighted by atomic mass is 16.5. The van der Waals surface area contributed by atoms with Crippen LogP contribution in [0.1, 0.15) is 25.8 Å². The molecule has 1 aromatic rings. The first-order chi connectivity index (χ1) is 8.06. The van der Waals surface area contributed by atoms with Crippen molar-refractivity contribution in [2.24, 2.45) is 0 Å². The molecule has 0 unspecified atom stereocenters. The lowest BCUT2D eigenvalue weighted by Gasteiger charge is -2.21. The molecule has 3 heteroatoms. The maximum absolute atomic E-state index is 11.1. The molecule has 0 aromatic heterocycles. The van der Waals surface area contributed by atoms with E-state index in [2.05, 4.69) is 0 Å². The fraction of sp³-hybridized carbons (Fsp3) is 0.357. The van der Waals surface area contributed by atoms with Crippen molar-refractivity contribution in [2.75, 3.05) is 6.61 Å². The van der Waals surface area contributed by atoms with E-state index in [0.717, 1.165) is 5.56 Å². The predicted octanol–water partition coefficient (Wildman–Crippen LogP) is 2.40. The number of hydrogen-bond donors (Lipinski definition) is 1. The molecule has 0 amide bonds. The molecule has 1 aromatic carbocycles. The van der Waals surface area contributed by atoms with Crippen LogP contribution in [-0.4, -0.2) is 17.7 Å². The molecule has 0 aliphatic rings. The number of hydrogen-bond acceptors (Lipinski definition) is 3. The Morgan fingerprint density at radius 2 is 2.06 bits per heavy atom. The molecular weight excluding hydrogens is 216 g/mol. The van der Waals surface area contributed by atoms with Crippen molar-refractivity contribution in [1.82, 2.24) is 0 Å². The Bertz CT molecular complexity index is 380. The van der Waals surface area contributed by atoms with Crippen molar-refractivity contribution in [3.63, 3.8) is 0 Å². The van der Waals surface area contributed by atoms with Gasteiger partial charge in [0.2, 0.25) is 0 Å². The second-order valence-electron chi connectivity index (χ2n) is 4.00. The first kappa shape index (κ1) is 13.5. The Kier molecular flexibility index (Phi) is 4.91. The third-order valence-electron chi connectivity index (χ3n) is 2.45. The van der Waals surface area contributed by atoms with Crippen LogP contribution >= 0.6 is 0 Å². The first-order valence-electron chi connectivity index (χ1n) is 5.67. The van der Waals surface area contributed by atoms with E-state index in [1.165, 1.54) is 6.08 Å². The maximum Gasteiger partial charge on any atom is 0.330 e. The molecule has 0 heterocycles. The van der Waals surface area contributed by atoms with Gasteiger partial charge in [-0.2, -0.15) is 0 Å². The highest BCUT2D eigenvalue weighted by Crippen LogP contribution is 2.24. The lowest BCUT2D eigenvalue weighted by atomic mass is 9.92. The number of ether oxygens (including phenoxy) is 1. The Morgan fingerprint density at radius 1 is 1.41 bits per heavy atom. The highest BCUT2D eigenvalue weighted by Gasteiger charge is 2.20. The van der Waals surface area contributed by atoms with Crippen LogP contribution in [0.2, 0.25) is 0 Å². The van der Waals surface area contributed by atoms with Gasteiger partial charge in [-0.05, 0) is 25.8 Å². The summed E-state index contributed by atoms with van der Waals surface area (Å²) in [6.45, 7) is 3.84. The minimum absolute atomic E-state index is 0.359. The molecule has 0 saturated carbocycles. The van der Waals surface area contributed by atoms with Gasteiger partial charge < -0.3 is 9.84 Å². The number of rotatable bonds is 5. The molecule has 0 radical (unpaired) electrons. The van der Waals surface area contributed by atoms with Crippen molar-refractivity contribution in [2.45, 2.75) is 25.9 Å². The Labute approximate surface area is 102 Å². The van der Waals surface area contributed by atoms with E-state index >= 15 is 0 Å². The van der Waals surface area contributed by atoms with Gasteiger partial charge in [0.15, 0.2) is 0 Å². The summed E-state index contributed by atoms with van der Waals surface area (Å²) in [7, 11) is 0. The van der Waals surface area contributed by atoms with Gasteiger partial charge >= 0.3 is 5.97 Å². The van der Waals surface area contributed by atoms with Gasteiger partial charge in [-0.1, -0.05) is 36.4 Å². The normalized spacial score (nSPS) is 14.5. The second kappa shape index (κ2) is 6.21. The first-order valence-corrected chi connectivity index (χ1v) is 5.67. The third-order valence-corrected chi connectivity index (χ3v) is 2.45. The largest absolute Gasteiger partial charge is 0.463 e. The lowest BCUT2D eigenvalue weighted by molar-refractivity contribution is -0.137. The van der Waals surface area contributed by atoms with E-state index < -0.39 is 5.60 Å². The fourth-order valence-electron chi connectivity index (χ4n) is 1.49. The summed E-state index contributed by atoms with van der Waals surface area (Å²) >= 11 is 0. The van der Waals surface area contributed by atoms with E-state index in [0.29, 0.717) is 13.0 Å². The van der Waals surface area contributed by atoms with Crippen molar-refractivity contribution in [3.05, 3.63) is 48.0 Å². The van der Waals surface area contributed by atoms with Crippen molar-refractivity contribution < 1.29 is 14.6 Å². The highest BCUT2D eigenvalue weighted by molar-refractivity contribution is 5.81. The molecule has 17 heavy (non-hydrogen) atoms. The smallest absolute Gasteiger partial charge is 0.330 e. The van der Waals surface area contributed by atoms with Gasteiger partial charge in [-0.3, -0.25) is 0 Å². The van der Waals surface area contributed by atoms with Crippen LogP contribution < -0.4 is 0 Å². The molecule has 3 nitrogen and oxygen atoms in total. The Balaban J connectivity index is 2.59. The van der Waals surface area contributed by atoms with Gasteiger partial charge in [-0.15, -0.1) is 0 Å². The number of carbonyl (C=O) groups is 1. The Hall–Kier alpha value is -1.61. The fourth-order valence-corrected chi connectivity index (χ4v) is 1.49. The Morgan fingerprint density at radius 3 is 2.65 bits per heavy atom. The van der Waals surface area contributed by atoms with Crippen LogP contribution in [-0.2, 0) is 15.1 Å². The molecule has 0 fully saturated rings. The van der Waals surface area contributed by atoms with Gasteiger partial charge in [-0.25, -0.2) is 4.79 Å². The SMILES string of the molecule is CCOC(=O)/C=C/C[C@@](C)(O)c1ccccc1. The number of aliphatic hydroxyl groups is 1. The zero-order chi connectivity index (χ0) is 12.7. The third kappa shape index (κ3) is 4.41. The van der Waals surface area contributed by atoms with Gasteiger partial charge in [0.05, 0.1) is 12.2 Å². The van der Waals surface area contributed by atoms with E-state index in [-0.39, 0.29) is 5.97 Å². The quantitative estimate of drug-likeness (QED) is 0.628. The summed E-state index contributed by atoms with van der Waals surface area (Å²) in [6.07, 6.45) is 3.35. The summed E-state index contributed by atoms with van der Waals surface area (Å²) in [6, 6.07) is 9.36. The van der Waals surface area contributed by atoms with E-state index in [9.17, 15) is 9.90 Å². The van der Waals surface area contributed by atoms with Gasteiger partial charge in [0, 0.05) is 6.08 Å². The molecule has 0 aliphatic heterocycles. The van der Waals surface area contributed by atoms with E-state index in [1.807, 2.05) is 30.3 Å². The standard InChI is InChI=1S/C14H18O3/c1-3-17-13(15)10-7-11-14(2,16)12-8-5-4-6-9-12/h4-10,16H,3,11H2,1-2H3/b10-7+/t14-/m1/s1. The van der Waals surface area contributed by atoms with Crippen LogP contribution in [0.25, 0.3) is 0 Å². The lowest BCUT2D eigenvalue weighted by Crippen LogP contribution is -2.19. The molecule has 92 valence electrons. The molecule has 0 saturated heterocycles. The maximum atomic E-state index is 11.1. The zero-order valence-electron chi connectivity index (χ0n) is 10.2. The summed E-state index contributed by atoms with van der Waals surface area (Å²) in [5.74, 6) is -0.378. The summed E-state index contributed by atoms with van der Waals surface area (Å²) in [5.41, 5.74) is -0.141. The van der Waals surface area contributed by atoms with Crippen LogP contribution in [0.15, 0.2) is 42.5 Å². The van der Waals surface area contributed by atoms with Gasteiger partial charge in [0.25, 0.3) is 0 Å². The number of esters is 1. The molecule has 0 spiro atoms. The van der Waals surface area contributed by atoms with E-state index in [1.54, 1.807) is 19.9 Å². The molecule has 1 rings (SSSR count). The van der Waals surface area contributed by atoms with E-state index in [4.69, 9.17) is 4.74 Å². The number of carbonyl (C=O) groups excluding carboxylic acids is 1. The van der Waals surface area contributed by atoms with Crippen molar-refractivity contribution in [1.29, 1.82) is 0 Å². The minimum Gasteiger partial charge on any atom is -0.463 e. The van der Waals surface area contributed by atoms with Crippen LogP contribution in [0.3, 0.4) is 0 Å². The number of benzene rings is 1. The average molecular weight is 234 g/mol. The summed E-state index contributed by atoms with van der Waals surface area (Å²) < 4.78 is 4.75. The van der Waals surface area contributed by atoms with Crippen LogP contribution in [0, 0.1) is 0 Å². The molecule has 0 bridgehead atoms. The van der Waals surface area contributed by atoms with Crippen molar-refractivity contribution in [3.8, 4) is 0 Å². The predicted molar refractivity (Wildman–Crippen MR) is 66.4 cm³/mol. The van der Waals surface area contributed by atoms with Crippen LogP contribution in [0.4, 0.5) is 0 Å². The summed E-state index contributed by atoms with van der Waals surface area (Å²) in [4.78, 5) is 11.1. The molecule has 0 aliphatic carbocycles. The monoisotopic (exact) mass is 234 g/mol. The topological polar surface area (TPSA) is 46.5 Å². The average Bonchev–Trinajstić information content (AvgIpc) is 2.30. The van der Waals surface area contributed by atoms with Crippen LogP contribution in [0.5, 0.6) is 0 Å². The molecule has 1 N–H and O–H groups in total. The second-order valence-corrected chi connectivity index (χ2v) is 4.00. The van der Waals surface area contributed by atoms with Gasteiger partial charge in [0.1, 0.15) is 0 Å². The molecular formula is C14H18O3. The summed E-state index contributed by atoms with van der Waals surface area (Å²) in [5, 5.41) is 10.2.